The minimum Gasteiger partial charge on any atom is -0.377 e. The fraction of sp³-hybridized carbons (Fsp3) is 0.667. The highest BCUT2D eigenvalue weighted by molar-refractivity contribution is 7.98. The number of thioether (sulfide) groups is 1. The summed E-state index contributed by atoms with van der Waals surface area (Å²) in [4.78, 5) is 11.3. The van der Waals surface area contributed by atoms with Crippen molar-refractivity contribution in [3.05, 3.63) is 6.07 Å². The second-order valence-electron chi connectivity index (χ2n) is 4.25. The Balaban J connectivity index is 2.27. The Morgan fingerprint density at radius 1 is 1.56 bits per heavy atom. The molecule has 1 fully saturated rings. The van der Waals surface area contributed by atoms with Gasteiger partial charge in [-0.2, -0.15) is 0 Å². The van der Waals surface area contributed by atoms with Crippen LogP contribution in [0.25, 0.3) is 0 Å². The van der Waals surface area contributed by atoms with Crippen molar-refractivity contribution < 1.29 is 4.74 Å². The SMILES string of the molecule is CCNc1cc(N2CCOC[C@H]2C)nc(SC)n1. The van der Waals surface area contributed by atoms with E-state index < -0.39 is 0 Å². The van der Waals surface area contributed by atoms with Crippen molar-refractivity contribution >= 4 is 23.4 Å². The first kappa shape index (κ1) is 13.4. The van der Waals surface area contributed by atoms with Crippen LogP contribution in [0.1, 0.15) is 13.8 Å². The summed E-state index contributed by atoms with van der Waals surface area (Å²) < 4.78 is 5.46. The van der Waals surface area contributed by atoms with Crippen LogP contribution in [0.4, 0.5) is 11.6 Å². The van der Waals surface area contributed by atoms with Crippen molar-refractivity contribution in [2.75, 3.05) is 42.8 Å². The van der Waals surface area contributed by atoms with Gasteiger partial charge in [0.25, 0.3) is 0 Å². The Morgan fingerprint density at radius 3 is 3.06 bits per heavy atom. The van der Waals surface area contributed by atoms with Gasteiger partial charge in [-0.3, -0.25) is 0 Å². The molecule has 1 aliphatic rings. The van der Waals surface area contributed by atoms with Gasteiger partial charge in [0.2, 0.25) is 0 Å². The van der Waals surface area contributed by atoms with Crippen LogP contribution in [-0.2, 0) is 4.74 Å². The Hall–Kier alpha value is -1.01. The molecule has 1 N–H and O–H groups in total. The molecule has 0 unspecified atom stereocenters. The second kappa shape index (κ2) is 6.24. The molecule has 0 amide bonds. The van der Waals surface area contributed by atoms with Crippen molar-refractivity contribution in [3.63, 3.8) is 0 Å². The molecule has 1 aromatic rings. The van der Waals surface area contributed by atoms with E-state index in [1.165, 1.54) is 0 Å². The molecular weight excluding hydrogens is 248 g/mol. The summed E-state index contributed by atoms with van der Waals surface area (Å²) in [5.41, 5.74) is 0. The number of morpholine rings is 1. The molecule has 5 nitrogen and oxygen atoms in total. The van der Waals surface area contributed by atoms with Crippen LogP contribution in [0.15, 0.2) is 11.2 Å². The fourth-order valence-corrected chi connectivity index (χ4v) is 2.36. The van der Waals surface area contributed by atoms with E-state index in [2.05, 4.69) is 34.0 Å². The van der Waals surface area contributed by atoms with Crippen LogP contribution in [0.3, 0.4) is 0 Å². The predicted molar refractivity (Wildman–Crippen MR) is 75.6 cm³/mol. The average molecular weight is 268 g/mol. The molecule has 0 aromatic carbocycles. The molecule has 0 saturated carbocycles. The van der Waals surface area contributed by atoms with Crippen LogP contribution < -0.4 is 10.2 Å². The predicted octanol–water partition coefficient (Wildman–Crippen LogP) is 1.86. The summed E-state index contributed by atoms with van der Waals surface area (Å²) in [6.45, 7) is 7.50. The van der Waals surface area contributed by atoms with Gasteiger partial charge in [-0.1, -0.05) is 11.8 Å². The van der Waals surface area contributed by atoms with Crippen molar-refractivity contribution in [1.29, 1.82) is 0 Å². The molecule has 2 rings (SSSR count). The second-order valence-corrected chi connectivity index (χ2v) is 5.02. The van der Waals surface area contributed by atoms with Crippen LogP contribution in [0.5, 0.6) is 0 Å². The average Bonchev–Trinajstić information content (AvgIpc) is 2.39. The largest absolute Gasteiger partial charge is 0.377 e. The number of nitrogens with one attached hydrogen (secondary N) is 1. The highest BCUT2D eigenvalue weighted by atomic mass is 32.2. The van der Waals surface area contributed by atoms with Gasteiger partial charge in [0.05, 0.1) is 19.3 Å². The third kappa shape index (κ3) is 3.05. The molecule has 0 aliphatic carbocycles. The summed E-state index contributed by atoms with van der Waals surface area (Å²) in [6, 6.07) is 2.38. The molecule has 0 spiro atoms. The Morgan fingerprint density at radius 2 is 2.39 bits per heavy atom. The van der Waals surface area contributed by atoms with Crippen LogP contribution >= 0.6 is 11.8 Å². The third-order valence-electron chi connectivity index (χ3n) is 2.89. The highest BCUT2D eigenvalue weighted by Gasteiger charge is 2.21. The zero-order valence-electron chi connectivity index (χ0n) is 11.1. The van der Waals surface area contributed by atoms with E-state index >= 15 is 0 Å². The maximum absolute atomic E-state index is 5.46. The summed E-state index contributed by atoms with van der Waals surface area (Å²) in [6.07, 6.45) is 2.00. The number of ether oxygens (including phenoxy) is 1. The molecule has 100 valence electrons. The summed E-state index contributed by atoms with van der Waals surface area (Å²) in [5.74, 6) is 1.88. The summed E-state index contributed by atoms with van der Waals surface area (Å²) in [7, 11) is 0. The highest BCUT2D eigenvalue weighted by Crippen LogP contribution is 2.23. The maximum Gasteiger partial charge on any atom is 0.191 e. The van der Waals surface area contributed by atoms with Crippen molar-refractivity contribution in [2.24, 2.45) is 0 Å². The lowest BCUT2D eigenvalue weighted by molar-refractivity contribution is 0.0984. The molecule has 18 heavy (non-hydrogen) atoms. The minimum absolute atomic E-state index is 0.359. The van der Waals surface area contributed by atoms with E-state index in [1.54, 1.807) is 11.8 Å². The first-order valence-electron chi connectivity index (χ1n) is 6.26. The Bertz CT molecular complexity index is 402. The minimum atomic E-state index is 0.359. The first-order valence-corrected chi connectivity index (χ1v) is 7.48. The van der Waals surface area contributed by atoms with Gasteiger partial charge >= 0.3 is 0 Å². The van der Waals surface area contributed by atoms with E-state index in [4.69, 9.17) is 4.74 Å². The standard InChI is InChI=1S/C12H20N4OS/c1-4-13-10-7-11(15-12(14-10)18-3)16-5-6-17-8-9(16)2/h7,9H,4-6,8H2,1-3H3,(H,13,14,15)/t9-/m1/s1. The van der Waals surface area contributed by atoms with Gasteiger partial charge in [0.1, 0.15) is 11.6 Å². The molecule has 2 heterocycles. The smallest absolute Gasteiger partial charge is 0.191 e. The molecule has 1 saturated heterocycles. The van der Waals surface area contributed by atoms with E-state index in [0.29, 0.717) is 6.04 Å². The summed E-state index contributed by atoms with van der Waals surface area (Å²) in [5, 5.41) is 4.06. The Labute approximate surface area is 112 Å². The van der Waals surface area contributed by atoms with Gasteiger partial charge in [0, 0.05) is 19.2 Å². The van der Waals surface area contributed by atoms with E-state index in [9.17, 15) is 0 Å². The number of hydrogen-bond donors (Lipinski definition) is 1. The monoisotopic (exact) mass is 268 g/mol. The van der Waals surface area contributed by atoms with Gasteiger partial charge in [0.15, 0.2) is 5.16 Å². The molecule has 1 aromatic heterocycles. The van der Waals surface area contributed by atoms with Gasteiger partial charge in [-0.25, -0.2) is 9.97 Å². The van der Waals surface area contributed by atoms with Crippen molar-refractivity contribution in [3.8, 4) is 0 Å². The maximum atomic E-state index is 5.46. The molecule has 1 aliphatic heterocycles. The Kier molecular flexibility index (Phi) is 4.66. The van der Waals surface area contributed by atoms with E-state index in [0.717, 1.165) is 43.1 Å². The van der Waals surface area contributed by atoms with Crippen molar-refractivity contribution in [1.82, 2.24) is 9.97 Å². The normalized spacial score (nSPS) is 19.9. The number of nitrogens with zero attached hydrogens (tertiary/aromatic N) is 3. The lowest BCUT2D eigenvalue weighted by Crippen LogP contribution is -2.44. The lowest BCUT2D eigenvalue weighted by atomic mass is 10.2. The number of anilines is 2. The van der Waals surface area contributed by atoms with E-state index in [1.807, 2.05) is 12.3 Å². The van der Waals surface area contributed by atoms with Crippen LogP contribution in [0, 0.1) is 0 Å². The van der Waals surface area contributed by atoms with Gasteiger partial charge < -0.3 is 15.0 Å². The lowest BCUT2D eigenvalue weighted by Gasteiger charge is -2.34. The quantitative estimate of drug-likeness (QED) is 0.664. The molecule has 0 radical (unpaired) electrons. The van der Waals surface area contributed by atoms with Gasteiger partial charge in [-0.15, -0.1) is 0 Å². The van der Waals surface area contributed by atoms with Crippen LogP contribution in [-0.4, -0.2) is 48.6 Å². The van der Waals surface area contributed by atoms with Crippen LogP contribution in [0.2, 0.25) is 0 Å². The molecule has 0 bridgehead atoms. The zero-order valence-corrected chi connectivity index (χ0v) is 12.0. The topological polar surface area (TPSA) is 50.3 Å². The van der Waals surface area contributed by atoms with E-state index in [-0.39, 0.29) is 0 Å². The number of aromatic nitrogens is 2. The molecule has 1 atom stereocenters. The molecule has 6 heteroatoms. The number of hydrogen-bond acceptors (Lipinski definition) is 6. The molecular formula is C12H20N4OS. The zero-order chi connectivity index (χ0) is 13.0. The third-order valence-corrected chi connectivity index (χ3v) is 3.44. The summed E-state index contributed by atoms with van der Waals surface area (Å²) >= 11 is 1.57. The van der Waals surface area contributed by atoms with Gasteiger partial charge in [-0.05, 0) is 20.1 Å². The fourth-order valence-electron chi connectivity index (χ4n) is 1.99. The first-order chi connectivity index (χ1) is 8.74. The van der Waals surface area contributed by atoms with Crippen molar-refractivity contribution in [2.45, 2.75) is 25.0 Å². The number of rotatable bonds is 4.